The minimum atomic E-state index is 0.450. The van der Waals surface area contributed by atoms with Crippen molar-refractivity contribution in [2.45, 2.75) is 26.3 Å². The van der Waals surface area contributed by atoms with E-state index in [4.69, 9.17) is 0 Å². The standard InChI is InChI=1S/C17H21NS/c1-17(2)10-14(11-19-12-17)18-16-9-5-7-13-6-3-4-8-15(13)16/h3-9,14,18H,10-12H2,1-2H3. The van der Waals surface area contributed by atoms with Crippen LogP contribution in [-0.4, -0.2) is 17.5 Å². The Balaban J connectivity index is 1.85. The van der Waals surface area contributed by atoms with Crippen molar-refractivity contribution >= 4 is 28.2 Å². The molecule has 19 heavy (non-hydrogen) atoms. The first-order chi connectivity index (χ1) is 9.14. The molecule has 1 aliphatic rings. The van der Waals surface area contributed by atoms with Gasteiger partial charge in [0, 0.05) is 22.9 Å². The Morgan fingerprint density at radius 1 is 1.11 bits per heavy atom. The lowest BCUT2D eigenvalue weighted by Gasteiger charge is -2.35. The van der Waals surface area contributed by atoms with Crippen LogP contribution in [0.4, 0.5) is 5.69 Å². The highest BCUT2D eigenvalue weighted by Gasteiger charge is 2.28. The molecular formula is C17H21NS. The van der Waals surface area contributed by atoms with Gasteiger partial charge in [0.1, 0.15) is 0 Å². The average Bonchev–Trinajstić information content (AvgIpc) is 2.38. The Hall–Kier alpha value is -1.15. The fraction of sp³-hybridized carbons (Fsp3) is 0.412. The van der Waals surface area contributed by atoms with E-state index >= 15 is 0 Å². The van der Waals surface area contributed by atoms with Gasteiger partial charge in [-0.25, -0.2) is 0 Å². The van der Waals surface area contributed by atoms with Crippen LogP contribution < -0.4 is 5.32 Å². The molecule has 1 N–H and O–H groups in total. The highest BCUT2D eigenvalue weighted by molar-refractivity contribution is 7.99. The van der Waals surface area contributed by atoms with Gasteiger partial charge >= 0.3 is 0 Å². The van der Waals surface area contributed by atoms with Crippen LogP contribution in [0.1, 0.15) is 20.3 Å². The highest BCUT2D eigenvalue weighted by atomic mass is 32.2. The average molecular weight is 271 g/mol. The first kappa shape index (κ1) is 12.9. The van der Waals surface area contributed by atoms with E-state index < -0.39 is 0 Å². The topological polar surface area (TPSA) is 12.0 Å². The maximum Gasteiger partial charge on any atom is 0.0422 e. The van der Waals surface area contributed by atoms with Gasteiger partial charge in [0.2, 0.25) is 0 Å². The zero-order valence-electron chi connectivity index (χ0n) is 11.6. The lowest BCUT2D eigenvalue weighted by Crippen LogP contribution is -2.35. The SMILES string of the molecule is CC1(C)CSCC(Nc2cccc3ccccc23)C1. The first-order valence-electron chi connectivity index (χ1n) is 6.96. The number of rotatable bonds is 2. The second-order valence-corrected chi connectivity index (χ2v) is 7.28. The van der Waals surface area contributed by atoms with Crippen LogP contribution in [0.2, 0.25) is 0 Å². The van der Waals surface area contributed by atoms with Gasteiger partial charge in [0.15, 0.2) is 0 Å². The normalized spacial score (nSPS) is 22.3. The van der Waals surface area contributed by atoms with Crippen molar-refractivity contribution in [3.05, 3.63) is 42.5 Å². The molecule has 0 spiro atoms. The minimum Gasteiger partial charge on any atom is -0.381 e. The second-order valence-electron chi connectivity index (χ2n) is 6.25. The molecule has 1 aliphatic heterocycles. The third kappa shape index (κ3) is 2.89. The predicted molar refractivity (Wildman–Crippen MR) is 87.1 cm³/mol. The van der Waals surface area contributed by atoms with E-state index in [1.165, 1.54) is 34.4 Å². The van der Waals surface area contributed by atoms with Crippen molar-refractivity contribution in [2.24, 2.45) is 5.41 Å². The zero-order valence-corrected chi connectivity index (χ0v) is 12.5. The van der Waals surface area contributed by atoms with Gasteiger partial charge in [-0.2, -0.15) is 11.8 Å². The summed E-state index contributed by atoms with van der Waals surface area (Å²) in [6.45, 7) is 4.74. The summed E-state index contributed by atoms with van der Waals surface area (Å²) in [5.74, 6) is 2.49. The number of fused-ring (bicyclic) bond motifs is 1. The first-order valence-corrected chi connectivity index (χ1v) is 8.12. The van der Waals surface area contributed by atoms with Crippen LogP contribution in [0.15, 0.2) is 42.5 Å². The molecule has 1 heterocycles. The van der Waals surface area contributed by atoms with Crippen LogP contribution in [-0.2, 0) is 0 Å². The van der Waals surface area contributed by atoms with Crippen LogP contribution in [0, 0.1) is 5.41 Å². The van der Waals surface area contributed by atoms with E-state index in [2.05, 4.69) is 73.4 Å². The van der Waals surface area contributed by atoms with Gasteiger partial charge in [0.05, 0.1) is 0 Å². The quantitative estimate of drug-likeness (QED) is 0.843. The molecule has 0 aliphatic carbocycles. The van der Waals surface area contributed by atoms with Gasteiger partial charge in [-0.1, -0.05) is 50.2 Å². The van der Waals surface area contributed by atoms with Crippen molar-refractivity contribution in [3.8, 4) is 0 Å². The zero-order chi connectivity index (χ0) is 13.3. The molecule has 100 valence electrons. The summed E-state index contributed by atoms with van der Waals surface area (Å²) in [6, 6.07) is 15.7. The summed E-state index contributed by atoms with van der Waals surface area (Å²) >= 11 is 2.07. The molecule has 1 nitrogen and oxygen atoms in total. The number of hydrogen-bond acceptors (Lipinski definition) is 2. The van der Waals surface area contributed by atoms with Crippen molar-refractivity contribution in [2.75, 3.05) is 16.8 Å². The Morgan fingerprint density at radius 3 is 2.74 bits per heavy atom. The van der Waals surface area contributed by atoms with Gasteiger partial charge in [-0.3, -0.25) is 0 Å². The summed E-state index contributed by atoms with van der Waals surface area (Å²) in [5.41, 5.74) is 1.73. The van der Waals surface area contributed by atoms with Gasteiger partial charge in [-0.15, -0.1) is 0 Å². The van der Waals surface area contributed by atoms with Crippen LogP contribution in [0.5, 0.6) is 0 Å². The van der Waals surface area contributed by atoms with E-state index in [0.29, 0.717) is 11.5 Å². The number of hydrogen-bond donors (Lipinski definition) is 1. The Kier molecular flexibility index (Phi) is 3.44. The number of nitrogens with one attached hydrogen (secondary N) is 1. The van der Waals surface area contributed by atoms with Crippen molar-refractivity contribution in [3.63, 3.8) is 0 Å². The summed E-state index contributed by atoms with van der Waals surface area (Å²) in [7, 11) is 0. The molecule has 1 unspecified atom stereocenters. The molecule has 0 amide bonds. The summed E-state index contributed by atoms with van der Waals surface area (Å²) < 4.78 is 0. The number of anilines is 1. The predicted octanol–water partition coefficient (Wildman–Crippen LogP) is 4.78. The summed E-state index contributed by atoms with van der Waals surface area (Å²) in [5, 5.41) is 6.41. The van der Waals surface area contributed by atoms with Crippen molar-refractivity contribution in [1.82, 2.24) is 0 Å². The molecule has 0 saturated carbocycles. The maximum atomic E-state index is 3.76. The molecule has 3 rings (SSSR count). The molecule has 2 aromatic carbocycles. The highest BCUT2D eigenvalue weighted by Crippen LogP contribution is 2.35. The fourth-order valence-corrected chi connectivity index (χ4v) is 4.20. The molecule has 1 atom stereocenters. The van der Waals surface area contributed by atoms with E-state index in [1.807, 2.05) is 0 Å². The van der Waals surface area contributed by atoms with E-state index in [-0.39, 0.29) is 0 Å². The molecular weight excluding hydrogens is 250 g/mol. The van der Waals surface area contributed by atoms with Crippen LogP contribution >= 0.6 is 11.8 Å². The lowest BCUT2D eigenvalue weighted by atomic mass is 9.87. The lowest BCUT2D eigenvalue weighted by molar-refractivity contribution is 0.358. The van der Waals surface area contributed by atoms with Crippen LogP contribution in [0.25, 0.3) is 10.8 Å². The number of thioether (sulfide) groups is 1. The van der Waals surface area contributed by atoms with Crippen molar-refractivity contribution in [1.29, 1.82) is 0 Å². The molecule has 0 aromatic heterocycles. The minimum absolute atomic E-state index is 0.450. The van der Waals surface area contributed by atoms with Gasteiger partial charge in [0.25, 0.3) is 0 Å². The van der Waals surface area contributed by atoms with Crippen molar-refractivity contribution < 1.29 is 0 Å². The smallest absolute Gasteiger partial charge is 0.0422 e. The summed E-state index contributed by atoms with van der Waals surface area (Å²) in [4.78, 5) is 0. The molecule has 2 aromatic rings. The number of benzene rings is 2. The van der Waals surface area contributed by atoms with E-state index in [9.17, 15) is 0 Å². The molecule has 0 bridgehead atoms. The Labute approximate surface area is 119 Å². The largest absolute Gasteiger partial charge is 0.381 e. The van der Waals surface area contributed by atoms with E-state index in [1.54, 1.807) is 0 Å². The maximum absolute atomic E-state index is 3.76. The summed E-state index contributed by atoms with van der Waals surface area (Å²) in [6.07, 6.45) is 1.25. The molecule has 1 fully saturated rings. The fourth-order valence-electron chi connectivity index (χ4n) is 2.93. The molecule has 2 heteroatoms. The second kappa shape index (κ2) is 5.09. The van der Waals surface area contributed by atoms with E-state index in [0.717, 1.165) is 0 Å². The Bertz CT molecular complexity index is 571. The third-order valence-electron chi connectivity index (χ3n) is 3.76. The van der Waals surface area contributed by atoms with Gasteiger partial charge in [-0.05, 0) is 29.0 Å². The van der Waals surface area contributed by atoms with Crippen LogP contribution in [0.3, 0.4) is 0 Å². The monoisotopic (exact) mass is 271 g/mol. The molecule has 1 saturated heterocycles. The third-order valence-corrected chi connectivity index (χ3v) is 5.38. The van der Waals surface area contributed by atoms with Gasteiger partial charge < -0.3 is 5.32 Å². The molecule has 0 radical (unpaired) electrons. The Morgan fingerprint density at radius 2 is 1.89 bits per heavy atom.